The highest BCUT2D eigenvalue weighted by Gasteiger charge is 2.18. The van der Waals surface area contributed by atoms with E-state index in [1.165, 1.54) is 5.56 Å². The molecule has 2 rings (SSSR count). The zero-order chi connectivity index (χ0) is 18.9. The third-order valence-electron chi connectivity index (χ3n) is 4.24. The van der Waals surface area contributed by atoms with Crippen LogP contribution in [0.15, 0.2) is 42.5 Å². The molecule has 0 saturated carbocycles. The molecule has 0 heterocycles. The molecule has 4 nitrogen and oxygen atoms in total. The lowest BCUT2D eigenvalue weighted by Gasteiger charge is -2.18. The van der Waals surface area contributed by atoms with Gasteiger partial charge in [-0.05, 0) is 74.1 Å². The van der Waals surface area contributed by atoms with Crippen LogP contribution in [0.4, 0.5) is 0 Å². The normalized spacial score (nSPS) is 11.7. The first-order chi connectivity index (χ1) is 12.5. The van der Waals surface area contributed by atoms with Crippen LogP contribution in [0.3, 0.4) is 0 Å². The van der Waals surface area contributed by atoms with Gasteiger partial charge in [-0.25, -0.2) is 0 Å². The number of rotatable bonds is 9. The number of amides is 1. The number of carbonyl (C=O) groups excluding carboxylic acids is 1. The summed E-state index contributed by atoms with van der Waals surface area (Å²) in [5, 5.41) is 2.99. The van der Waals surface area contributed by atoms with Crippen molar-refractivity contribution < 1.29 is 14.3 Å². The van der Waals surface area contributed by atoms with E-state index in [9.17, 15) is 4.79 Å². The van der Waals surface area contributed by atoms with Crippen molar-refractivity contribution in [2.75, 3.05) is 13.7 Å². The minimum Gasteiger partial charge on any atom is -0.497 e. The maximum Gasteiger partial charge on any atom is 0.261 e. The van der Waals surface area contributed by atoms with Gasteiger partial charge in [-0.1, -0.05) is 25.1 Å². The predicted molar refractivity (Wildman–Crippen MR) is 105 cm³/mol. The number of nitrogens with one attached hydrogen (secondary N) is 1. The van der Waals surface area contributed by atoms with Crippen LogP contribution in [-0.2, 0) is 11.2 Å². The number of hydrogen-bond acceptors (Lipinski definition) is 3. The van der Waals surface area contributed by atoms with E-state index in [0.717, 1.165) is 35.5 Å². The van der Waals surface area contributed by atoms with Gasteiger partial charge in [0.2, 0.25) is 0 Å². The Kier molecular flexibility index (Phi) is 7.52. The van der Waals surface area contributed by atoms with Gasteiger partial charge in [0, 0.05) is 6.54 Å². The maximum atomic E-state index is 12.4. The summed E-state index contributed by atoms with van der Waals surface area (Å²) in [6.45, 7) is 6.65. The zero-order valence-electron chi connectivity index (χ0n) is 16.2. The number of ether oxygens (including phenoxy) is 2. The van der Waals surface area contributed by atoms with Gasteiger partial charge in [0.05, 0.1) is 7.11 Å². The largest absolute Gasteiger partial charge is 0.497 e. The molecule has 0 aliphatic carbocycles. The van der Waals surface area contributed by atoms with Crippen molar-refractivity contribution in [3.63, 3.8) is 0 Å². The molecule has 0 aliphatic heterocycles. The van der Waals surface area contributed by atoms with Crippen molar-refractivity contribution in [3.8, 4) is 11.5 Å². The fourth-order valence-corrected chi connectivity index (χ4v) is 2.90. The molecule has 1 atom stereocenters. The first-order valence-corrected chi connectivity index (χ1v) is 9.17. The van der Waals surface area contributed by atoms with Crippen molar-refractivity contribution in [1.82, 2.24) is 5.32 Å². The lowest BCUT2D eigenvalue weighted by molar-refractivity contribution is -0.128. The van der Waals surface area contributed by atoms with Gasteiger partial charge < -0.3 is 14.8 Å². The summed E-state index contributed by atoms with van der Waals surface area (Å²) in [6, 6.07) is 14.0. The van der Waals surface area contributed by atoms with E-state index in [0.29, 0.717) is 13.0 Å². The molecule has 26 heavy (non-hydrogen) atoms. The molecular formula is C22H29NO3. The summed E-state index contributed by atoms with van der Waals surface area (Å²) in [7, 11) is 1.66. The molecule has 0 radical (unpaired) electrons. The minimum atomic E-state index is -0.461. The summed E-state index contributed by atoms with van der Waals surface area (Å²) >= 11 is 0. The van der Waals surface area contributed by atoms with Gasteiger partial charge in [0.15, 0.2) is 6.10 Å². The van der Waals surface area contributed by atoms with Gasteiger partial charge >= 0.3 is 0 Å². The van der Waals surface area contributed by atoms with Gasteiger partial charge in [-0.15, -0.1) is 0 Å². The van der Waals surface area contributed by atoms with Crippen LogP contribution < -0.4 is 14.8 Å². The molecule has 2 aromatic carbocycles. The Morgan fingerprint density at radius 1 is 1.04 bits per heavy atom. The Hall–Kier alpha value is -2.49. The third-order valence-corrected chi connectivity index (χ3v) is 4.24. The van der Waals surface area contributed by atoms with Gasteiger partial charge in [0.1, 0.15) is 11.5 Å². The standard InChI is InChI=1S/C22H29NO3/c1-5-21(26-20-14-16(2)13-17(3)15-20)22(24)23-12-6-7-18-8-10-19(25-4)11-9-18/h8-11,13-15,21H,5-7,12H2,1-4H3,(H,23,24)/t21-/m1/s1. The molecule has 0 spiro atoms. The summed E-state index contributed by atoms with van der Waals surface area (Å²) < 4.78 is 11.1. The lowest BCUT2D eigenvalue weighted by atomic mass is 10.1. The monoisotopic (exact) mass is 355 g/mol. The van der Waals surface area contributed by atoms with Crippen LogP contribution in [0.2, 0.25) is 0 Å². The zero-order valence-corrected chi connectivity index (χ0v) is 16.2. The number of methoxy groups -OCH3 is 1. The molecule has 0 bridgehead atoms. The van der Waals surface area contributed by atoms with Crippen LogP contribution in [0.5, 0.6) is 11.5 Å². The Labute approximate surface area is 156 Å². The third kappa shape index (κ3) is 6.10. The molecule has 0 aliphatic rings. The second-order valence-corrected chi connectivity index (χ2v) is 6.58. The predicted octanol–water partition coefficient (Wildman–Crippen LogP) is 4.22. The molecule has 1 N–H and O–H groups in total. The van der Waals surface area contributed by atoms with Crippen molar-refractivity contribution in [3.05, 3.63) is 59.2 Å². The van der Waals surface area contributed by atoms with Gasteiger partial charge in [0.25, 0.3) is 5.91 Å². The summed E-state index contributed by atoms with van der Waals surface area (Å²) in [6.07, 6.45) is 1.98. The first kappa shape index (κ1) is 19.8. The first-order valence-electron chi connectivity index (χ1n) is 9.17. The Morgan fingerprint density at radius 2 is 1.69 bits per heavy atom. The lowest BCUT2D eigenvalue weighted by Crippen LogP contribution is -2.38. The average molecular weight is 355 g/mol. The van der Waals surface area contributed by atoms with Crippen LogP contribution >= 0.6 is 0 Å². The van der Waals surface area contributed by atoms with Crippen molar-refractivity contribution in [2.24, 2.45) is 0 Å². The van der Waals surface area contributed by atoms with Crippen molar-refractivity contribution in [2.45, 2.75) is 46.1 Å². The molecule has 140 valence electrons. The van der Waals surface area contributed by atoms with Crippen molar-refractivity contribution in [1.29, 1.82) is 0 Å². The summed E-state index contributed by atoms with van der Waals surface area (Å²) in [5.74, 6) is 1.56. The summed E-state index contributed by atoms with van der Waals surface area (Å²) in [5.41, 5.74) is 3.50. The van der Waals surface area contributed by atoms with E-state index in [4.69, 9.17) is 9.47 Å². The number of aryl methyl sites for hydroxylation is 3. The van der Waals surface area contributed by atoms with Gasteiger partial charge in [-0.2, -0.15) is 0 Å². The van der Waals surface area contributed by atoms with E-state index < -0.39 is 6.10 Å². The second kappa shape index (κ2) is 9.85. The molecule has 0 aromatic heterocycles. The quantitative estimate of drug-likeness (QED) is 0.685. The van der Waals surface area contributed by atoms with E-state index in [2.05, 4.69) is 23.5 Å². The molecule has 0 unspecified atom stereocenters. The van der Waals surface area contributed by atoms with E-state index in [1.807, 2.05) is 45.0 Å². The molecule has 4 heteroatoms. The van der Waals surface area contributed by atoms with Gasteiger partial charge in [-0.3, -0.25) is 4.79 Å². The molecule has 1 amide bonds. The maximum absolute atomic E-state index is 12.4. The van der Waals surface area contributed by atoms with E-state index in [1.54, 1.807) is 7.11 Å². The topological polar surface area (TPSA) is 47.6 Å². The van der Waals surface area contributed by atoms with Crippen LogP contribution in [-0.4, -0.2) is 25.7 Å². The second-order valence-electron chi connectivity index (χ2n) is 6.58. The number of hydrogen-bond donors (Lipinski definition) is 1. The Bertz CT molecular complexity index is 690. The van der Waals surface area contributed by atoms with E-state index >= 15 is 0 Å². The highest BCUT2D eigenvalue weighted by atomic mass is 16.5. The van der Waals surface area contributed by atoms with Crippen LogP contribution in [0, 0.1) is 13.8 Å². The number of carbonyl (C=O) groups is 1. The Morgan fingerprint density at radius 3 is 2.27 bits per heavy atom. The minimum absolute atomic E-state index is 0.0543. The molecule has 2 aromatic rings. The highest BCUT2D eigenvalue weighted by Crippen LogP contribution is 2.18. The fraction of sp³-hybridized carbons (Fsp3) is 0.409. The van der Waals surface area contributed by atoms with Crippen LogP contribution in [0.25, 0.3) is 0 Å². The highest BCUT2D eigenvalue weighted by molar-refractivity contribution is 5.81. The average Bonchev–Trinajstić information content (AvgIpc) is 2.62. The molecule has 0 saturated heterocycles. The Balaban J connectivity index is 1.79. The molecular weight excluding hydrogens is 326 g/mol. The van der Waals surface area contributed by atoms with E-state index in [-0.39, 0.29) is 5.91 Å². The van der Waals surface area contributed by atoms with Crippen LogP contribution in [0.1, 0.15) is 36.5 Å². The number of benzene rings is 2. The fourth-order valence-electron chi connectivity index (χ4n) is 2.90. The summed E-state index contributed by atoms with van der Waals surface area (Å²) in [4.78, 5) is 12.4. The SMILES string of the molecule is CC[C@@H](Oc1cc(C)cc(C)c1)C(=O)NCCCc1ccc(OC)cc1. The smallest absolute Gasteiger partial charge is 0.261 e. The van der Waals surface area contributed by atoms with Crippen molar-refractivity contribution >= 4 is 5.91 Å². The molecule has 0 fully saturated rings.